The van der Waals surface area contributed by atoms with Gasteiger partial charge in [0.05, 0.1) is 5.56 Å². The lowest BCUT2D eigenvalue weighted by molar-refractivity contribution is -0.139. The van der Waals surface area contributed by atoms with E-state index < -0.39 is 32.9 Å². The van der Waals surface area contributed by atoms with E-state index in [0.717, 1.165) is 6.07 Å². The summed E-state index contributed by atoms with van der Waals surface area (Å²) >= 11 is 0. The van der Waals surface area contributed by atoms with Crippen LogP contribution in [-0.2, 0) is 14.9 Å². The Morgan fingerprint density at radius 3 is 2.37 bits per heavy atom. The third-order valence-electron chi connectivity index (χ3n) is 2.42. The highest BCUT2D eigenvalue weighted by Gasteiger charge is 2.23. The molecular weight excluding hydrogens is 274 g/mol. The Kier molecular flexibility index (Phi) is 4.62. The Morgan fingerprint density at radius 2 is 1.89 bits per heavy atom. The normalized spacial score (nSPS) is 12.7. The van der Waals surface area contributed by atoms with Crippen molar-refractivity contribution in [2.24, 2.45) is 0 Å². The summed E-state index contributed by atoms with van der Waals surface area (Å²) < 4.78 is 31.2. The van der Waals surface area contributed by atoms with Gasteiger partial charge in [0.25, 0.3) is 16.0 Å². The van der Waals surface area contributed by atoms with E-state index in [-0.39, 0.29) is 12.0 Å². The Hall–Kier alpha value is -1.93. The maximum absolute atomic E-state index is 11.8. The summed E-state index contributed by atoms with van der Waals surface area (Å²) in [7, 11) is -4.55. The number of carboxylic acid groups (broad SMARTS) is 1. The summed E-state index contributed by atoms with van der Waals surface area (Å²) in [5.74, 6) is -2.09. The van der Waals surface area contributed by atoms with Crippen molar-refractivity contribution in [3.63, 3.8) is 0 Å². The molecule has 1 amide bonds. The molecule has 1 unspecified atom stereocenters. The summed E-state index contributed by atoms with van der Waals surface area (Å²) in [6.45, 7) is 1.56. The first-order valence-electron chi connectivity index (χ1n) is 5.37. The lowest BCUT2D eigenvalue weighted by Gasteiger charge is -2.13. The molecule has 0 aliphatic carbocycles. The molecular formula is C11H13NO6S. The van der Waals surface area contributed by atoms with Gasteiger partial charge in [-0.2, -0.15) is 8.42 Å². The topological polar surface area (TPSA) is 121 Å². The number of rotatable bonds is 5. The number of hydrogen-bond donors (Lipinski definition) is 3. The van der Waals surface area contributed by atoms with Gasteiger partial charge in [0.2, 0.25) is 0 Å². The van der Waals surface area contributed by atoms with Crippen LogP contribution in [0.2, 0.25) is 0 Å². The standard InChI is InChI=1S/C11H13NO6S/c1-2-8(11(14)15)12-10(13)7-5-3-4-6-9(7)19(16,17)18/h3-6,8H,2H2,1H3,(H,12,13)(H,14,15)(H,16,17,18). The zero-order chi connectivity index (χ0) is 14.6. The molecule has 0 aromatic heterocycles. The quantitative estimate of drug-likeness (QED) is 0.679. The number of amides is 1. The van der Waals surface area contributed by atoms with E-state index in [1.165, 1.54) is 18.2 Å². The zero-order valence-corrected chi connectivity index (χ0v) is 10.8. The first-order valence-corrected chi connectivity index (χ1v) is 6.81. The second-order valence-corrected chi connectivity index (χ2v) is 5.13. The van der Waals surface area contributed by atoms with Gasteiger partial charge in [-0.3, -0.25) is 9.35 Å². The van der Waals surface area contributed by atoms with Gasteiger partial charge in [0, 0.05) is 0 Å². The molecule has 3 N–H and O–H groups in total. The van der Waals surface area contributed by atoms with Gasteiger partial charge >= 0.3 is 5.97 Å². The van der Waals surface area contributed by atoms with E-state index in [0.29, 0.717) is 0 Å². The first kappa shape index (κ1) is 15.1. The van der Waals surface area contributed by atoms with E-state index in [2.05, 4.69) is 5.32 Å². The van der Waals surface area contributed by atoms with Crippen molar-refractivity contribution in [1.29, 1.82) is 0 Å². The highest BCUT2D eigenvalue weighted by atomic mass is 32.2. The monoisotopic (exact) mass is 287 g/mol. The molecule has 0 saturated heterocycles. The van der Waals surface area contributed by atoms with E-state index in [9.17, 15) is 18.0 Å². The fraction of sp³-hybridized carbons (Fsp3) is 0.273. The molecule has 8 heteroatoms. The summed E-state index contributed by atoms with van der Waals surface area (Å²) in [5.41, 5.74) is -0.301. The second-order valence-electron chi connectivity index (χ2n) is 3.74. The van der Waals surface area contributed by atoms with Crippen molar-refractivity contribution in [3.05, 3.63) is 29.8 Å². The molecule has 1 aromatic rings. The smallest absolute Gasteiger partial charge is 0.326 e. The van der Waals surface area contributed by atoms with Crippen LogP contribution in [0.25, 0.3) is 0 Å². The molecule has 19 heavy (non-hydrogen) atoms. The van der Waals surface area contributed by atoms with Gasteiger partial charge in [-0.1, -0.05) is 19.1 Å². The van der Waals surface area contributed by atoms with Gasteiger partial charge in [-0.25, -0.2) is 4.79 Å². The maximum Gasteiger partial charge on any atom is 0.326 e. The van der Waals surface area contributed by atoms with Crippen molar-refractivity contribution in [3.8, 4) is 0 Å². The molecule has 0 saturated carbocycles. The van der Waals surface area contributed by atoms with Crippen LogP contribution < -0.4 is 5.32 Å². The van der Waals surface area contributed by atoms with Crippen molar-refractivity contribution in [2.45, 2.75) is 24.3 Å². The van der Waals surface area contributed by atoms with Gasteiger partial charge in [0.15, 0.2) is 0 Å². The molecule has 1 aromatic carbocycles. The fourth-order valence-corrected chi connectivity index (χ4v) is 2.14. The van der Waals surface area contributed by atoms with Crippen LogP contribution in [0.15, 0.2) is 29.2 Å². The first-order chi connectivity index (χ1) is 8.77. The third kappa shape index (κ3) is 3.76. The number of carbonyl (C=O) groups is 2. The average molecular weight is 287 g/mol. The summed E-state index contributed by atoms with van der Waals surface area (Å²) in [4.78, 5) is 22.1. The van der Waals surface area contributed by atoms with Gasteiger partial charge in [-0.15, -0.1) is 0 Å². The Morgan fingerprint density at radius 1 is 1.32 bits per heavy atom. The van der Waals surface area contributed by atoms with Gasteiger partial charge in [0.1, 0.15) is 10.9 Å². The summed E-state index contributed by atoms with van der Waals surface area (Å²) in [6.07, 6.45) is 0.148. The Bertz CT molecular complexity index is 595. The minimum atomic E-state index is -4.55. The van der Waals surface area contributed by atoms with Crippen molar-refractivity contribution < 1.29 is 27.7 Å². The number of carbonyl (C=O) groups excluding carboxylic acids is 1. The van der Waals surface area contributed by atoms with E-state index in [4.69, 9.17) is 9.66 Å². The van der Waals surface area contributed by atoms with E-state index >= 15 is 0 Å². The van der Waals surface area contributed by atoms with Crippen molar-refractivity contribution >= 4 is 22.0 Å². The fourth-order valence-electron chi connectivity index (χ4n) is 1.45. The molecule has 0 spiro atoms. The molecule has 7 nitrogen and oxygen atoms in total. The largest absolute Gasteiger partial charge is 0.480 e. The second kappa shape index (κ2) is 5.81. The molecule has 0 aliphatic heterocycles. The average Bonchev–Trinajstić information content (AvgIpc) is 2.34. The lowest BCUT2D eigenvalue weighted by atomic mass is 10.1. The molecule has 104 valence electrons. The molecule has 0 aliphatic rings. The maximum atomic E-state index is 11.8. The van der Waals surface area contributed by atoms with Crippen LogP contribution in [0.5, 0.6) is 0 Å². The predicted molar refractivity (Wildman–Crippen MR) is 65.4 cm³/mol. The lowest BCUT2D eigenvalue weighted by Crippen LogP contribution is -2.40. The summed E-state index contributed by atoms with van der Waals surface area (Å²) in [6, 6.07) is 3.88. The SMILES string of the molecule is CCC(NC(=O)c1ccccc1S(=O)(=O)O)C(=O)O. The van der Waals surface area contributed by atoms with E-state index in [1.54, 1.807) is 6.92 Å². The number of aliphatic carboxylic acids is 1. The molecule has 0 radical (unpaired) electrons. The number of carboxylic acids is 1. The predicted octanol–water partition coefficient (Wildman–Crippen LogP) is 0.526. The molecule has 1 atom stereocenters. The van der Waals surface area contributed by atoms with E-state index in [1.807, 2.05) is 0 Å². The minimum absolute atomic E-state index is 0.148. The van der Waals surface area contributed by atoms with Crippen LogP contribution in [0.4, 0.5) is 0 Å². The van der Waals surface area contributed by atoms with Crippen LogP contribution in [0.3, 0.4) is 0 Å². The molecule has 0 fully saturated rings. The number of nitrogens with one attached hydrogen (secondary N) is 1. The van der Waals surface area contributed by atoms with Crippen molar-refractivity contribution in [1.82, 2.24) is 5.32 Å². The highest BCUT2D eigenvalue weighted by molar-refractivity contribution is 7.86. The van der Waals surface area contributed by atoms with Crippen LogP contribution in [0, 0.1) is 0 Å². The number of hydrogen-bond acceptors (Lipinski definition) is 4. The van der Waals surface area contributed by atoms with Crippen molar-refractivity contribution in [2.75, 3.05) is 0 Å². The molecule has 0 bridgehead atoms. The molecule has 1 rings (SSSR count). The minimum Gasteiger partial charge on any atom is -0.480 e. The zero-order valence-electron chi connectivity index (χ0n) is 10.0. The van der Waals surface area contributed by atoms with Crippen LogP contribution in [0.1, 0.15) is 23.7 Å². The van der Waals surface area contributed by atoms with Crippen LogP contribution in [-0.4, -0.2) is 36.0 Å². The Balaban J connectivity index is 3.11. The van der Waals surface area contributed by atoms with Gasteiger partial charge in [-0.05, 0) is 18.6 Å². The third-order valence-corrected chi connectivity index (χ3v) is 3.33. The summed E-state index contributed by atoms with van der Waals surface area (Å²) in [5, 5.41) is 11.0. The highest BCUT2D eigenvalue weighted by Crippen LogP contribution is 2.15. The van der Waals surface area contributed by atoms with Crippen LogP contribution >= 0.6 is 0 Å². The Labute approximate surface area is 110 Å². The van der Waals surface area contributed by atoms with Gasteiger partial charge < -0.3 is 10.4 Å². The number of benzene rings is 1. The molecule has 0 heterocycles.